The molecule has 0 amide bonds. The average Bonchev–Trinajstić information content (AvgIpc) is 3.85. The van der Waals surface area contributed by atoms with Crippen LogP contribution >= 0.6 is 0 Å². The van der Waals surface area contributed by atoms with E-state index in [1.54, 1.807) is 0 Å². The Morgan fingerprint density at radius 2 is 1.02 bits per heavy atom. The standard InChI is InChI=1S/C46H28N4O/c1-3-12-30(13-4-1)49-40-20-9-7-16-32(40)34-23-22-29(28-42(34)49)38-26-27-43-44(47-38)37-24-25-39(48-46(37)51-43)36-19-11-18-35-33-17-8-10-21-41(33)50(45(35)36)31-14-5-2-6-15-31/h1-28H. The number of pyridine rings is 2. The summed E-state index contributed by atoms with van der Waals surface area (Å²) in [6, 6.07) is 59.6. The van der Waals surface area contributed by atoms with Crippen LogP contribution in [0.2, 0.25) is 0 Å². The molecule has 5 aromatic heterocycles. The van der Waals surface area contributed by atoms with Gasteiger partial charge in [0.15, 0.2) is 5.58 Å². The minimum Gasteiger partial charge on any atom is -0.436 e. The van der Waals surface area contributed by atoms with Crippen molar-refractivity contribution in [2.45, 2.75) is 0 Å². The minimum absolute atomic E-state index is 0.575. The Hall–Kier alpha value is -6.98. The molecule has 5 nitrogen and oxygen atoms in total. The normalized spacial score (nSPS) is 11.9. The maximum absolute atomic E-state index is 6.39. The highest BCUT2D eigenvalue weighted by Gasteiger charge is 2.19. The van der Waals surface area contributed by atoms with Crippen LogP contribution in [0.1, 0.15) is 0 Å². The van der Waals surface area contributed by atoms with E-state index >= 15 is 0 Å². The Labute approximate surface area is 292 Å². The summed E-state index contributed by atoms with van der Waals surface area (Å²) >= 11 is 0. The smallest absolute Gasteiger partial charge is 0.229 e. The maximum atomic E-state index is 6.39. The highest BCUT2D eigenvalue weighted by Crippen LogP contribution is 2.39. The summed E-state index contributed by atoms with van der Waals surface area (Å²) in [4.78, 5) is 10.3. The van der Waals surface area contributed by atoms with Gasteiger partial charge in [-0.2, -0.15) is 0 Å². The third kappa shape index (κ3) is 4.15. The monoisotopic (exact) mass is 652 g/mol. The zero-order valence-electron chi connectivity index (χ0n) is 27.4. The van der Waals surface area contributed by atoms with Crippen molar-refractivity contribution >= 4 is 65.8 Å². The lowest BCUT2D eigenvalue weighted by Crippen LogP contribution is -1.95. The fraction of sp³-hybridized carbons (Fsp3) is 0. The highest BCUT2D eigenvalue weighted by molar-refractivity contribution is 6.14. The van der Waals surface area contributed by atoms with Gasteiger partial charge in [-0.25, -0.2) is 9.97 Å². The Kier molecular flexibility index (Phi) is 5.89. The lowest BCUT2D eigenvalue weighted by Gasteiger charge is -2.11. The fourth-order valence-electron chi connectivity index (χ4n) is 7.89. The van der Waals surface area contributed by atoms with Gasteiger partial charge in [-0.15, -0.1) is 0 Å². The predicted octanol–water partition coefficient (Wildman–Crippen LogP) is 11.9. The van der Waals surface area contributed by atoms with E-state index in [-0.39, 0.29) is 0 Å². The molecule has 0 saturated heterocycles. The molecule has 0 spiro atoms. The Bertz CT molecular complexity index is 3130. The van der Waals surface area contributed by atoms with Crippen LogP contribution in [0.25, 0.3) is 99.7 Å². The average molecular weight is 653 g/mol. The molecule has 0 N–H and O–H groups in total. The Morgan fingerprint density at radius 3 is 1.80 bits per heavy atom. The molecular weight excluding hydrogens is 625 g/mol. The first-order valence-electron chi connectivity index (χ1n) is 17.2. The molecule has 0 aliphatic rings. The fourth-order valence-corrected chi connectivity index (χ4v) is 7.89. The van der Waals surface area contributed by atoms with Crippen molar-refractivity contribution < 1.29 is 4.42 Å². The van der Waals surface area contributed by atoms with Gasteiger partial charge in [-0.05, 0) is 66.7 Å². The lowest BCUT2D eigenvalue weighted by molar-refractivity contribution is 0.654. The summed E-state index contributed by atoms with van der Waals surface area (Å²) in [5.41, 5.74) is 12.8. The topological polar surface area (TPSA) is 48.8 Å². The predicted molar refractivity (Wildman–Crippen MR) is 209 cm³/mol. The molecule has 6 aromatic carbocycles. The van der Waals surface area contributed by atoms with Crippen molar-refractivity contribution in [3.8, 4) is 33.9 Å². The number of para-hydroxylation sites is 5. The zero-order chi connectivity index (χ0) is 33.5. The molecule has 0 atom stereocenters. The first kappa shape index (κ1) is 27.9. The molecule has 5 heterocycles. The first-order chi connectivity index (χ1) is 25.3. The van der Waals surface area contributed by atoms with E-state index in [0.29, 0.717) is 5.71 Å². The van der Waals surface area contributed by atoms with Gasteiger partial charge in [0.25, 0.3) is 0 Å². The van der Waals surface area contributed by atoms with Crippen LogP contribution in [-0.2, 0) is 0 Å². The largest absolute Gasteiger partial charge is 0.436 e. The molecular formula is C46H28N4O. The van der Waals surface area contributed by atoms with E-state index in [1.165, 1.54) is 27.1 Å². The van der Waals surface area contributed by atoms with E-state index in [2.05, 4.69) is 167 Å². The summed E-state index contributed by atoms with van der Waals surface area (Å²) in [6.07, 6.45) is 0. The van der Waals surface area contributed by atoms with E-state index in [9.17, 15) is 0 Å². The molecule has 0 fully saturated rings. The molecule has 51 heavy (non-hydrogen) atoms. The van der Waals surface area contributed by atoms with Crippen LogP contribution in [-0.4, -0.2) is 19.1 Å². The molecule has 0 aliphatic heterocycles. The third-order valence-electron chi connectivity index (χ3n) is 10.1. The minimum atomic E-state index is 0.575. The zero-order valence-corrected chi connectivity index (χ0v) is 27.4. The van der Waals surface area contributed by atoms with Crippen molar-refractivity contribution in [2.75, 3.05) is 0 Å². The summed E-state index contributed by atoms with van der Waals surface area (Å²) in [6.45, 7) is 0. The molecule has 0 unspecified atom stereocenters. The number of furan rings is 1. The highest BCUT2D eigenvalue weighted by atomic mass is 16.3. The third-order valence-corrected chi connectivity index (χ3v) is 10.1. The van der Waals surface area contributed by atoms with Gasteiger partial charge in [0.1, 0.15) is 5.52 Å². The second-order valence-electron chi connectivity index (χ2n) is 13.0. The summed E-state index contributed by atoms with van der Waals surface area (Å²) < 4.78 is 11.1. The van der Waals surface area contributed by atoms with Gasteiger partial charge in [0.2, 0.25) is 5.71 Å². The van der Waals surface area contributed by atoms with E-state index < -0.39 is 0 Å². The van der Waals surface area contributed by atoms with Gasteiger partial charge >= 0.3 is 0 Å². The number of fused-ring (bicyclic) bond motifs is 9. The van der Waals surface area contributed by atoms with Gasteiger partial charge in [0.05, 0.1) is 38.8 Å². The number of rotatable bonds is 4. The molecule has 11 rings (SSSR count). The van der Waals surface area contributed by atoms with Gasteiger partial charge in [0, 0.05) is 44.0 Å². The molecule has 0 radical (unpaired) electrons. The van der Waals surface area contributed by atoms with Crippen LogP contribution in [0.5, 0.6) is 0 Å². The summed E-state index contributed by atoms with van der Waals surface area (Å²) in [5, 5.41) is 5.74. The van der Waals surface area contributed by atoms with E-state index in [0.717, 1.165) is 66.9 Å². The molecule has 0 saturated carbocycles. The Morgan fingerprint density at radius 1 is 0.412 bits per heavy atom. The maximum Gasteiger partial charge on any atom is 0.229 e. The number of hydrogen-bond donors (Lipinski definition) is 0. The second kappa shape index (κ2) is 10.8. The van der Waals surface area contributed by atoms with Gasteiger partial charge in [-0.3, -0.25) is 0 Å². The molecule has 238 valence electrons. The van der Waals surface area contributed by atoms with Crippen LogP contribution in [0.3, 0.4) is 0 Å². The number of hydrogen-bond acceptors (Lipinski definition) is 3. The number of aromatic nitrogens is 4. The first-order valence-corrected chi connectivity index (χ1v) is 17.2. The van der Waals surface area contributed by atoms with Crippen molar-refractivity contribution in [2.24, 2.45) is 0 Å². The van der Waals surface area contributed by atoms with Crippen molar-refractivity contribution in [3.63, 3.8) is 0 Å². The number of benzene rings is 6. The quantitative estimate of drug-likeness (QED) is 0.190. The summed E-state index contributed by atoms with van der Waals surface area (Å²) in [7, 11) is 0. The van der Waals surface area contributed by atoms with Crippen LogP contribution in [0.15, 0.2) is 174 Å². The lowest BCUT2D eigenvalue weighted by atomic mass is 10.1. The van der Waals surface area contributed by atoms with Crippen molar-refractivity contribution in [1.29, 1.82) is 0 Å². The van der Waals surface area contributed by atoms with Crippen LogP contribution < -0.4 is 0 Å². The molecule has 5 heteroatoms. The molecule has 0 aliphatic carbocycles. The van der Waals surface area contributed by atoms with Gasteiger partial charge < -0.3 is 13.6 Å². The SMILES string of the molecule is c1ccc(-n2c3ccccc3c3ccc(-c4ccc5oc6nc(-c7cccc8c9ccccc9n(-c9ccccc9)c78)ccc6c5n4)cc32)cc1. The van der Waals surface area contributed by atoms with Crippen molar-refractivity contribution in [1.82, 2.24) is 19.1 Å². The molecule has 0 bridgehead atoms. The molecule has 11 aromatic rings. The van der Waals surface area contributed by atoms with Gasteiger partial charge in [-0.1, -0.05) is 103 Å². The van der Waals surface area contributed by atoms with E-state index in [4.69, 9.17) is 14.4 Å². The second-order valence-corrected chi connectivity index (χ2v) is 13.0. The van der Waals surface area contributed by atoms with E-state index in [1.807, 2.05) is 12.1 Å². The Balaban J connectivity index is 1.07. The number of nitrogens with zero attached hydrogens (tertiary/aromatic N) is 4. The van der Waals surface area contributed by atoms with Crippen LogP contribution in [0.4, 0.5) is 0 Å². The summed E-state index contributed by atoms with van der Waals surface area (Å²) in [5.74, 6) is 0. The van der Waals surface area contributed by atoms with Crippen LogP contribution in [0, 0.1) is 0 Å². The van der Waals surface area contributed by atoms with Crippen molar-refractivity contribution in [3.05, 3.63) is 170 Å².